The van der Waals surface area contributed by atoms with Gasteiger partial charge in [0, 0.05) is 13.0 Å². The minimum absolute atomic E-state index is 0.0231. The normalized spacial score (nSPS) is 20.9. The predicted molar refractivity (Wildman–Crippen MR) is 79.5 cm³/mol. The number of rotatable bonds is 2. The number of hydrogen-bond acceptors (Lipinski definition) is 3. The molecule has 1 unspecified atom stereocenters. The summed E-state index contributed by atoms with van der Waals surface area (Å²) in [7, 11) is -1.56. The third-order valence-electron chi connectivity index (χ3n) is 2.58. The molecule has 0 bridgehead atoms. The zero-order valence-electron chi connectivity index (χ0n) is 13.2. The lowest BCUT2D eigenvalue weighted by atomic mass is 10.1. The van der Waals surface area contributed by atoms with Gasteiger partial charge >= 0.3 is 6.09 Å². The van der Waals surface area contributed by atoms with E-state index < -0.39 is 13.9 Å². The van der Waals surface area contributed by atoms with Crippen LogP contribution in [0.3, 0.4) is 0 Å². The van der Waals surface area contributed by atoms with Crippen molar-refractivity contribution in [1.29, 1.82) is 0 Å². The molecule has 4 nitrogen and oxygen atoms in total. The van der Waals surface area contributed by atoms with Crippen LogP contribution in [0.1, 0.15) is 34.1 Å². The van der Waals surface area contributed by atoms with Gasteiger partial charge in [-0.2, -0.15) is 0 Å². The first-order valence-corrected chi connectivity index (χ1v) is 10.3. The van der Waals surface area contributed by atoms with Crippen LogP contribution in [-0.2, 0) is 9.16 Å². The quantitative estimate of drug-likeness (QED) is 0.725. The van der Waals surface area contributed by atoms with E-state index in [1.807, 2.05) is 33.8 Å². The van der Waals surface area contributed by atoms with E-state index in [-0.39, 0.29) is 12.1 Å². The summed E-state index contributed by atoms with van der Waals surface area (Å²) in [6.07, 6.45) is 2.56. The zero-order valence-corrected chi connectivity index (χ0v) is 14.2. The summed E-state index contributed by atoms with van der Waals surface area (Å²) < 4.78 is 11.4. The Kier molecular flexibility index (Phi) is 4.71. The Morgan fingerprint density at radius 1 is 1.37 bits per heavy atom. The standard InChI is InChI=1S/C14H27NO3Si/c1-11-10-12(18-19(5,6)7)8-9-15(11)13(16)17-14(2,3)4/h10-11H,8-9H2,1-7H3. The molecule has 0 spiro atoms. The molecule has 110 valence electrons. The van der Waals surface area contributed by atoms with Crippen LogP contribution < -0.4 is 0 Å². The highest BCUT2D eigenvalue weighted by atomic mass is 28.4. The fourth-order valence-corrected chi connectivity index (χ4v) is 2.89. The van der Waals surface area contributed by atoms with E-state index in [0.29, 0.717) is 6.54 Å². The highest BCUT2D eigenvalue weighted by Crippen LogP contribution is 2.22. The molecule has 1 aliphatic rings. The van der Waals surface area contributed by atoms with Gasteiger partial charge in [0.1, 0.15) is 5.60 Å². The topological polar surface area (TPSA) is 38.8 Å². The van der Waals surface area contributed by atoms with Gasteiger partial charge in [0.25, 0.3) is 0 Å². The maximum atomic E-state index is 12.1. The van der Waals surface area contributed by atoms with Crippen molar-refractivity contribution < 1.29 is 14.0 Å². The van der Waals surface area contributed by atoms with Crippen molar-refractivity contribution in [3.8, 4) is 0 Å². The van der Waals surface area contributed by atoms with Gasteiger partial charge in [-0.1, -0.05) is 0 Å². The first-order valence-electron chi connectivity index (χ1n) is 6.87. The van der Waals surface area contributed by atoms with Gasteiger partial charge in [0.05, 0.1) is 11.8 Å². The lowest BCUT2D eigenvalue weighted by molar-refractivity contribution is 0.0193. The van der Waals surface area contributed by atoms with Crippen LogP contribution in [0.5, 0.6) is 0 Å². The molecular weight excluding hydrogens is 258 g/mol. The fraction of sp³-hybridized carbons (Fsp3) is 0.786. The van der Waals surface area contributed by atoms with E-state index >= 15 is 0 Å². The molecule has 19 heavy (non-hydrogen) atoms. The van der Waals surface area contributed by atoms with Crippen LogP contribution in [0.15, 0.2) is 11.8 Å². The van der Waals surface area contributed by atoms with Crippen molar-refractivity contribution in [2.75, 3.05) is 6.54 Å². The summed E-state index contributed by atoms with van der Waals surface area (Å²) in [6, 6.07) is 0.0231. The first-order chi connectivity index (χ1) is 8.48. The molecule has 0 saturated carbocycles. The number of carbonyl (C=O) groups is 1. The highest BCUT2D eigenvalue weighted by Gasteiger charge is 2.29. The Labute approximate surface area is 117 Å². The second-order valence-corrected chi connectivity index (χ2v) is 11.4. The first kappa shape index (κ1) is 16.1. The van der Waals surface area contributed by atoms with Crippen molar-refractivity contribution in [1.82, 2.24) is 4.90 Å². The molecule has 1 atom stereocenters. The van der Waals surface area contributed by atoms with Crippen LogP contribution in [0.25, 0.3) is 0 Å². The van der Waals surface area contributed by atoms with Gasteiger partial charge in [0.15, 0.2) is 0 Å². The summed E-state index contributed by atoms with van der Waals surface area (Å²) in [4.78, 5) is 13.8. The monoisotopic (exact) mass is 285 g/mol. The van der Waals surface area contributed by atoms with Gasteiger partial charge in [0.2, 0.25) is 8.32 Å². The van der Waals surface area contributed by atoms with Crippen LogP contribution in [-0.4, -0.2) is 37.5 Å². The van der Waals surface area contributed by atoms with Crippen molar-refractivity contribution in [2.45, 2.75) is 65.4 Å². The van der Waals surface area contributed by atoms with Gasteiger partial charge in [-0.05, 0) is 53.4 Å². The maximum Gasteiger partial charge on any atom is 0.410 e. The van der Waals surface area contributed by atoms with E-state index in [4.69, 9.17) is 9.16 Å². The minimum Gasteiger partial charge on any atom is -0.547 e. The molecule has 0 aromatic rings. The summed E-state index contributed by atoms with van der Waals surface area (Å²) in [6.45, 7) is 14.8. The van der Waals surface area contributed by atoms with Crippen molar-refractivity contribution in [2.24, 2.45) is 0 Å². The summed E-state index contributed by atoms with van der Waals surface area (Å²) in [5, 5.41) is 0. The molecule has 0 fully saturated rings. The SMILES string of the molecule is CC1C=C(O[Si](C)(C)C)CCN1C(=O)OC(C)(C)C. The summed E-state index contributed by atoms with van der Waals surface area (Å²) >= 11 is 0. The summed E-state index contributed by atoms with van der Waals surface area (Å²) in [5.74, 6) is 1.02. The average Bonchev–Trinajstić information content (AvgIpc) is 2.11. The number of ether oxygens (including phenoxy) is 1. The van der Waals surface area contributed by atoms with Crippen LogP contribution in [0.4, 0.5) is 4.79 Å². The molecule has 0 aromatic heterocycles. The summed E-state index contributed by atoms with van der Waals surface area (Å²) in [5.41, 5.74) is -0.449. The molecule has 0 radical (unpaired) electrons. The second-order valence-electron chi connectivity index (χ2n) is 7.01. The van der Waals surface area contributed by atoms with Gasteiger partial charge in [-0.15, -0.1) is 0 Å². The third kappa shape index (κ3) is 5.68. The fourth-order valence-electron chi connectivity index (χ4n) is 1.93. The molecule has 0 saturated heterocycles. The number of nitrogens with zero attached hydrogens (tertiary/aromatic N) is 1. The van der Waals surface area contributed by atoms with Gasteiger partial charge < -0.3 is 14.1 Å². The molecule has 0 aromatic carbocycles. The molecule has 1 rings (SSSR count). The molecule has 1 amide bonds. The Morgan fingerprint density at radius 2 is 1.95 bits per heavy atom. The Morgan fingerprint density at radius 3 is 2.37 bits per heavy atom. The Bertz CT molecular complexity index is 366. The number of hydrogen-bond donors (Lipinski definition) is 0. The maximum absolute atomic E-state index is 12.1. The molecule has 1 heterocycles. The van der Waals surface area contributed by atoms with Gasteiger partial charge in [-0.3, -0.25) is 0 Å². The van der Waals surface area contributed by atoms with Crippen LogP contribution >= 0.6 is 0 Å². The van der Waals surface area contributed by atoms with Crippen LogP contribution in [0.2, 0.25) is 19.6 Å². The predicted octanol–water partition coefficient (Wildman–Crippen LogP) is 3.75. The zero-order chi connectivity index (χ0) is 14.8. The van der Waals surface area contributed by atoms with Crippen molar-refractivity contribution in [3.63, 3.8) is 0 Å². The lowest BCUT2D eigenvalue weighted by Crippen LogP contribution is -2.44. The second kappa shape index (κ2) is 5.57. The Balaban J connectivity index is 2.66. The van der Waals surface area contributed by atoms with E-state index in [9.17, 15) is 4.79 Å². The third-order valence-corrected chi connectivity index (χ3v) is 3.46. The molecule has 0 N–H and O–H groups in total. The molecule has 5 heteroatoms. The minimum atomic E-state index is -1.56. The Hall–Kier alpha value is -0.973. The number of amides is 1. The molecule has 0 aliphatic carbocycles. The molecular formula is C14H27NO3Si. The molecule has 1 aliphatic heterocycles. The number of carbonyl (C=O) groups excluding carboxylic acids is 1. The smallest absolute Gasteiger partial charge is 0.410 e. The van der Waals surface area contributed by atoms with Crippen LogP contribution in [0, 0.1) is 0 Å². The highest BCUT2D eigenvalue weighted by molar-refractivity contribution is 6.70. The van der Waals surface area contributed by atoms with E-state index in [1.165, 1.54) is 0 Å². The van der Waals surface area contributed by atoms with Gasteiger partial charge in [-0.25, -0.2) is 4.79 Å². The van der Waals surface area contributed by atoms with Crippen molar-refractivity contribution >= 4 is 14.4 Å². The van der Waals surface area contributed by atoms with Crippen molar-refractivity contribution in [3.05, 3.63) is 11.8 Å². The van der Waals surface area contributed by atoms with E-state index in [2.05, 4.69) is 19.6 Å². The average molecular weight is 285 g/mol. The largest absolute Gasteiger partial charge is 0.547 e. The van der Waals surface area contributed by atoms with E-state index in [1.54, 1.807) is 4.90 Å². The lowest BCUT2D eigenvalue weighted by Gasteiger charge is -2.35. The van der Waals surface area contributed by atoms with E-state index in [0.717, 1.165) is 12.2 Å².